The molecule has 0 radical (unpaired) electrons. The van der Waals surface area contributed by atoms with E-state index < -0.39 is 11.7 Å². The number of amides is 1. The highest BCUT2D eigenvalue weighted by Gasteiger charge is 2.14. The third-order valence-corrected chi connectivity index (χ3v) is 2.98. The first kappa shape index (κ1) is 13.4. The molecule has 0 aliphatic carbocycles. The lowest BCUT2D eigenvalue weighted by Crippen LogP contribution is -2.13. The van der Waals surface area contributed by atoms with Gasteiger partial charge in [-0.3, -0.25) is 4.79 Å². The number of hydrogen-bond donors (Lipinski definition) is 2. The minimum absolute atomic E-state index is 0.0154. The van der Waals surface area contributed by atoms with Crippen molar-refractivity contribution in [1.29, 1.82) is 0 Å². The Morgan fingerprint density at radius 2 is 2.05 bits per heavy atom. The van der Waals surface area contributed by atoms with Crippen molar-refractivity contribution in [1.82, 2.24) is 0 Å². The van der Waals surface area contributed by atoms with Crippen molar-refractivity contribution in [3.05, 3.63) is 58.4 Å². The average molecular weight is 280 g/mol. The van der Waals surface area contributed by atoms with Crippen LogP contribution in [0, 0.1) is 12.7 Å². The Bertz CT molecular complexity index is 643. The molecule has 0 saturated carbocycles. The highest BCUT2D eigenvalue weighted by molar-refractivity contribution is 6.34. The number of anilines is 1. The molecule has 0 saturated heterocycles. The second-order valence-electron chi connectivity index (χ2n) is 4.08. The summed E-state index contributed by atoms with van der Waals surface area (Å²) in [6.07, 6.45) is 0. The topological polar surface area (TPSA) is 49.3 Å². The number of aromatic hydroxyl groups is 1. The molecule has 2 rings (SSSR count). The molecule has 5 heteroatoms. The number of halogens is 2. The number of phenolic OH excluding ortho intramolecular Hbond substituents is 1. The summed E-state index contributed by atoms with van der Waals surface area (Å²) in [6.45, 7) is 1.81. The summed E-state index contributed by atoms with van der Waals surface area (Å²) in [4.78, 5) is 12.0. The highest BCUT2D eigenvalue weighted by atomic mass is 35.5. The zero-order valence-corrected chi connectivity index (χ0v) is 10.8. The standard InChI is InChI=1S/C14H11ClFNO2/c1-8-5-6-11(12(18)7-8)17-14(19)9-3-2-4-10(16)13(9)15/h2-7,18H,1H3,(H,17,19). The van der Waals surface area contributed by atoms with Crippen molar-refractivity contribution in [3.63, 3.8) is 0 Å². The van der Waals surface area contributed by atoms with Crippen LogP contribution >= 0.6 is 11.6 Å². The van der Waals surface area contributed by atoms with Gasteiger partial charge in [0, 0.05) is 0 Å². The molecule has 2 aromatic carbocycles. The number of benzene rings is 2. The van der Waals surface area contributed by atoms with Gasteiger partial charge in [0.1, 0.15) is 11.6 Å². The Labute approximate surface area is 114 Å². The van der Waals surface area contributed by atoms with Crippen LogP contribution in [-0.2, 0) is 0 Å². The summed E-state index contributed by atoms with van der Waals surface area (Å²) in [7, 11) is 0. The minimum atomic E-state index is -0.664. The molecular weight excluding hydrogens is 269 g/mol. The van der Waals surface area contributed by atoms with E-state index in [4.69, 9.17) is 11.6 Å². The number of carbonyl (C=O) groups excluding carboxylic acids is 1. The molecule has 0 atom stereocenters. The fraction of sp³-hybridized carbons (Fsp3) is 0.0714. The Morgan fingerprint density at radius 3 is 2.74 bits per heavy atom. The van der Waals surface area contributed by atoms with E-state index in [1.807, 2.05) is 6.92 Å². The monoisotopic (exact) mass is 279 g/mol. The van der Waals surface area contributed by atoms with E-state index in [1.165, 1.54) is 24.3 Å². The van der Waals surface area contributed by atoms with E-state index in [9.17, 15) is 14.3 Å². The molecule has 98 valence electrons. The van der Waals surface area contributed by atoms with Gasteiger partial charge in [0.05, 0.1) is 16.3 Å². The van der Waals surface area contributed by atoms with Gasteiger partial charge in [0.15, 0.2) is 0 Å². The maximum atomic E-state index is 13.2. The van der Waals surface area contributed by atoms with Crippen LogP contribution in [0.3, 0.4) is 0 Å². The van der Waals surface area contributed by atoms with E-state index >= 15 is 0 Å². The second kappa shape index (κ2) is 5.28. The third-order valence-electron chi connectivity index (χ3n) is 2.60. The summed E-state index contributed by atoms with van der Waals surface area (Å²) in [5.74, 6) is -1.30. The molecule has 0 bridgehead atoms. The van der Waals surface area contributed by atoms with Crippen LogP contribution in [0.25, 0.3) is 0 Å². The molecule has 19 heavy (non-hydrogen) atoms. The van der Waals surface area contributed by atoms with E-state index in [-0.39, 0.29) is 22.0 Å². The first-order chi connectivity index (χ1) is 8.99. The highest BCUT2D eigenvalue weighted by Crippen LogP contribution is 2.26. The fourth-order valence-corrected chi connectivity index (χ4v) is 1.83. The normalized spacial score (nSPS) is 10.3. The number of nitrogens with one attached hydrogen (secondary N) is 1. The average Bonchev–Trinajstić information content (AvgIpc) is 2.36. The lowest BCUT2D eigenvalue weighted by Gasteiger charge is -2.09. The number of carbonyl (C=O) groups is 1. The first-order valence-corrected chi connectivity index (χ1v) is 5.92. The van der Waals surface area contributed by atoms with Gasteiger partial charge in [-0.1, -0.05) is 23.7 Å². The first-order valence-electron chi connectivity index (χ1n) is 5.54. The summed E-state index contributed by atoms with van der Waals surface area (Å²) >= 11 is 5.72. The molecule has 3 nitrogen and oxygen atoms in total. The lowest BCUT2D eigenvalue weighted by molar-refractivity contribution is 0.102. The number of aryl methyl sites for hydroxylation is 1. The van der Waals surface area contributed by atoms with Gasteiger partial charge in [-0.15, -0.1) is 0 Å². The summed E-state index contributed by atoms with van der Waals surface area (Å²) < 4.78 is 13.2. The van der Waals surface area contributed by atoms with E-state index in [2.05, 4.69) is 5.32 Å². The molecule has 1 amide bonds. The molecule has 0 aromatic heterocycles. The molecule has 0 aliphatic rings. The Balaban J connectivity index is 2.28. The summed E-state index contributed by atoms with van der Waals surface area (Å²) in [5.41, 5.74) is 1.12. The molecular formula is C14H11ClFNO2. The SMILES string of the molecule is Cc1ccc(NC(=O)c2cccc(F)c2Cl)c(O)c1. The summed E-state index contributed by atoms with van der Waals surface area (Å²) in [5, 5.41) is 11.9. The van der Waals surface area contributed by atoms with Gasteiger partial charge in [0.25, 0.3) is 5.91 Å². The fourth-order valence-electron chi connectivity index (χ4n) is 1.62. The number of hydrogen-bond acceptors (Lipinski definition) is 2. The zero-order chi connectivity index (χ0) is 14.0. The van der Waals surface area contributed by atoms with Crippen molar-refractivity contribution in [3.8, 4) is 5.75 Å². The smallest absolute Gasteiger partial charge is 0.257 e. The van der Waals surface area contributed by atoms with Crippen LogP contribution in [0.5, 0.6) is 5.75 Å². The molecule has 0 aliphatic heterocycles. The van der Waals surface area contributed by atoms with Gasteiger partial charge in [0.2, 0.25) is 0 Å². The maximum absolute atomic E-state index is 13.2. The number of phenols is 1. The van der Waals surface area contributed by atoms with Crippen LogP contribution < -0.4 is 5.32 Å². The molecule has 0 unspecified atom stereocenters. The minimum Gasteiger partial charge on any atom is -0.506 e. The predicted molar refractivity (Wildman–Crippen MR) is 72.2 cm³/mol. The van der Waals surface area contributed by atoms with Crippen molar-refractivity contribution in [2.75, 3.05) is 5.32 Å². The summed E-state index contributed by atoms with van der Waals surface area (Å²) in [6, 6.07) is 8.79. The maximum Gasteiger partial charge on any atom is 0.257 e. The van der Waals surface area contributed by atoms with Gasteiger partial charge in [-0.05, 0) is 36.8 Å². The Morgan fingerprint density at radius 1 is 1.32 bits per heavy atom. The molecule has 2 N–H and O–H groups in total. The Hall–Kier alpha value is -2.07. The van der Waals surface area contributed by atoms with Crippen molar-refractivity contribution in [2.24, 2.45) is 0 Å². The largest absolute Gasteiger partial charge is 0.506 e. The van der Waals surface area contributed by atoms with Gasteiger partial charge in [-0.2, -0.15) is 0 Å². The van der Waals surface area contributed by atoms with Crippen LogP contribution in [0.2, 0.25) is 5.02 Å². The van der Waals surface area contributed by atoms with E-state index in [0.717, 1.165) is 5.56 Å². The van der Waals surface area contributed by atoms with E-state index in [0.29, 0.717) is 0 Å². The predicted octanol–water partition coefficient (Wildman–Crippen LogP) is 3.75. The number of rotatable bonds is 2. The molecule has 2 aromatic rings. The third kappa shape index (κ3) is 2.85. The van der Waals surface area contributed by atoms with E-state index in [1.54, 1.807) is 12.1 Å². The van der Waals surface area contributed by atoms with Crippen LogP contribution in [-0.4, -0.2) is 11.0 Å². The zero-order valence-electron chi connectivity index (χ0n) is 10.1. The van der Waals surface area contributed by atoms with Crippen LogP contribution in [0.4, 0.5) is 10.1 Å². The molecule has 0 spiro atoms. The molecule has 0 heterocycles. The van der Waals surface area contributed by atoms with Crippen molar-refractivity contribution >= 4 is 23.2 Å². The van der Waals surface area contributed by atoms with Crippen molar-refractivity contribution in [2.45, 2.75) is 6.92 Å². The lowest BCUT2D eigenvalue weighted by atomic mass is 10.1. The molecule has 0 fully saturated rings. The quantitative estimate of drug-likeness (QED) is 0.823. The van der Waals surface area contributed by atoms with Crippen LogP contribution in [0.1, 0.15) is 15.9 Å². The van der Waals surface area contributed by atoms with Crippen molar-refractivity contribution < 1.29 is 14.3 Å². The second-order valence-corrected chi connectivity index (χ2v) is 4.45. The van der Waals surface area contributed by atoms with Gasteiger partial charge < -0.3 is 10.4 Å². The van der Waals surface area contributed by atoms with Crippen LogP contribution in [0.15, 0.2) is 36.4 Å². The van der Waals surface area contributed by atoms with Gasteiger partial charge >= 0.3 is 0 Å². The Kier molecular flexibility index (Phi) is 3.71. The van der Waals surface area contributed by atoms with Gasteiger partial charge in [-0.25, -0.2) is 4.39 Å².